The van der Waals surface area contributed by atoms with Crippen molar-refractivity contribution in [3.05, 3.63) is 34.6 Å². The van der Waals surface area contributed by atoms with Gasteiger partial charge in [0.1, 0.15) is 0 Å². The normalized spacial score (nSPS) is 10.8. The Bertz CT molecular complexity index is 523. The Hall–Kier alpha value is -1.46. The first-order chi connectivity index (χ1) is 8.74. The highest BCUT2D eigenvalue weighted by molar-refractivity contribution is 6.31. The van der Waals surface area contributed by atoms with Gasteiger partial charge in [0.2, 0.25) is 0 Å². The van der Waals surface area contributed by atoms with Crippen LogP contribution in [0.15, 0.2) is 18.2 Å². The van der Waals surface area contributed by atoms with Crippen molar-refractivity contribution < 1.29 is 0 Å². The summed E-state index contributed by atoms with van der Waals surface area (Å²) in [6, 6.07) is 5.72. The molecule has 0 saturated carbocycles. The Labute approximate surface area is 111 Å². The predicted octanol–water partition coefficient (Wildman–Crippen LogP) is 2.12. The molecule has 1 heterocycles. The third-order valence-electron chi connectivity index (χ3n) is 2.71. The van der Waals surface area contributed by atoms with Crippen LogP contribution in [0, 0.1) is 6.92 Å². The number of hydrogen-bond donors (Lipinski definition) is 1. The molecule has 0 unspecified atom stereocenters. The van der Waals surface area contributed by atoms with Gasteiger partial charge in [-0.1, -0.05) is 24.6 Å². The first kappa shape index (κ1) is 13.0. The van der Waals surface area contributed by atoms with E-state index in [0.717, 1.165) is 35.1 Å². The summed E-state index contributed by atoms with van der Waals surface area (Å²) in [5, 5.41) is 15.8. The number of nitrogens with zero attached hydrogens (tertiary/aromatic N) is 4. The van der Waals surface area contributed by atoms with Gasteiger partial charge in [0, 0.05) is 5.02 Å². The second-order valence-corrected chi connectivity index (χ2v) is 4.47. The molecule has 0 spiro atoms. The zero-order valence-electron chi connectivity index (χ0n) is 10.5. The lowest BCUT2D eigenvalue weighted by Gasteiger charge is -2.09. The van der Waals surface area contributed by atoms with Crippen LogP contribution >= 0.6 is 11.6 Å². The van der Waals surface area contributed by atoms with Crippen molar-refractivity contribution in [2.24, 2.45) is 0 Å². The van der Waals surface area contributed by atoms with Gasteiger partial charge in [-0.25, -0.2) is 0 Å². The highest BCUT2D eigenvalue weighted by atomic mass is 35.5. The number of nitrogens with one attached hydrogen (secondary N) is 1. The summed E-state index contributed by atoms with van der Waals surface area (Å²) in [4.78, 5) is 0. The Morgan fingerprint density at radius 3 is 3.00 bits per heavy atom. The summed E-state index contributed by atoms with van der Waals surface area (Å²) in [5.74, 6) is 0.786. The van der Waals surface area contributed by atoms with Crippen molar-refractivity contribution in [2.45, 2.75) is 26.8 Å². The predicted molar refractivity (Wildman–Crippen MR) is 70.9 cm³/mol. The largest absolute Gasteiger partial charge is 0.310 e. The van der Waals surface area contributed by atoms with Gasteiger partial charge in [-0.2, -0.15) is 4.68 Å². The number of halogens is 1. The Morgan fingerprint density at radius 1 is 1.39 bits per heavy atom. The zero-order chi connectivity index (χ0) is 13.0. The molecule has 0 saturated heterocycles. The smallest absolute Gasteiger partial charge is 0.170 e. The standard InChI is InChI=1S/C12H16ClN5/c1-3-7-14-8-12-15-16-17-18(12)11-6-4-5-10(13)9(11)2/h4-6,14H,3,7-8H2,1-2H3. The van der Waals surface area contributed by atoms with Gasteiger partial charge < -0.3 is 5.32 Å². The average molecular weight is 266 g/mol. The van der Waals surface area contributed by atoms with E-state index in [2.05, 4.69) is 27.8 Å². The third kappa shape index (κ3) is 2.68. The van der Waals surface area contributed by atoms with Gasteiger partial charge in [-0.05, 0) is 48.0 Å². The first-order valence-electron chi connectivity index (χ1n) is 5.97. The first-order valence-corrected chi connectivity index (χ1v) is 6.35. The van der Waals surface area contributed by atoms with E-state index in [0.29, 0.717) is 6.54 Å². The van der Waals surface area contributed by atoms with Crippen molar-refractivity contribution in [3.63, 3.8) is 0 Å². The molecule has 2 aromatic rings. The van der Waals surface area contributed by atoms with Crippen LogP contribution in [0.5, 0.6) is 0 Å². The van der Waals surface area contributed by atoms with Gasteiger partial charge in [0.15, 0.2) is 5.82 Å². The summed E-state index contributed by atoms with van der Waals surface area (Å²) < 4.78 is 1.73. The molecule has 6 heteroatoms. The van der Waals surface area contributed by atoms with Crippen molar-refractivity contribution in [3.8, 4) is 5.69 Å². The van der Waals surface area contributed by atoms with E-state index in [4.69, 9.17) is 11.6 Å². The van der Waals surface area contributed by atoms with Crippen molar-refractivity contribution in [2.75, 3.05) is 6.54 Å². The van der Waals surface area contributed by atoms with Gasteiger partial charge in [-0.15, -0.1) is 5.10 Å². The molecule has 96 valence electrons. The number of rotatable bonds is 5. The summed E-state index contributed by atoms with van der Waals surface area (Å²) in [5.41, 5.74) is 1.89. The van der Waals surface area contributed by atoms with Crippen LogP contribution in [0.4, 0.5) is 0 Å². The maximum atomic E-state index is 6.11. The van der Waals surface area contributed by atoms with Gasteiger partial charge in [-0.3, -0.25) is 0 Å². The molecule has 5 nitrogen and oxygen atoms in total. The van der Waals surface area contributed by atoms with E-state index < -0.39 is 0 Å². The molecule has 1 aromatic heterocycles. The Balaban J connectivity index is 2.28. The van der Waals surface area contributed by atoms with Crippen molar-refractivity contribution in [1.82, 2.24) is 25.5 Å². The van der Waals surface area contributed by atoms with Crippen molar-refractivity contribution in [1.29, 1.82) is 0 Å². The lowest BCUT2D eigenvalue weighted by molar-refractivity contribution is 0.632. The lowest BCUT2D eigenvalue weighted by atomic mass is 10.2. The molecular formula is C12H16ClN5. The number of aromatic nitrogens is 4. The second kappa shape index (κ2) is 5.93. The molecule has 1 aromatic carbocycles. The minimum absolute atomic E-state index is 0.646. The molecule has 1 N–H and O–H groups in total. The fourth-order valence-electron chi connectivity index (χ4n) is 1.71. The van der Waals surface area contributed by atoms with Crippen LogP contribution < -0.4 is 5.32 Å². The van der Waals surface area contributed by atoms with Crippen LogP contribution in [-0.4, -0.2) is 26.8 Å². The average Bonchev–Trinajstić information content (AvgIpc) is 2.81. The molecule has 0 fully saturated rings. The molecule has 0 amide bonds. The quantitative estimate of drug-likeness (QED) is 0.842. The van der Waals surface area contributed by atoms with Crippen molar-refractivity contribution >= 4 is 11.6 Å². The monoisotopic (exact) mass is 265 g/mol. The Kier molecular flexibility index (Phi) is 4.28. The number of tetrazole rings is 1. The molecule has 0 aliphatic heterocycles. The van der Waals surface area contributed by atoms with E-state index in [1.165, 1.54) is 0 Å². The van der Waals surface area contributed by atoms with Crippen LogP contribution in [0.3, 0.4) is 0 Å². The van der Waals surface area contributed by atoms with Crippen LogP contribution in [0.1, 0.15) is 24.7 Å². The zero-order valence-corrected chi connectivity index (χ0v) is 11.3. The summed E-state index contributed by atoms with van der Waals surface area (Å²) in [7, 11) is 0. The fraction of sp³-hybridized carbons (Fsp3) is 0.417. The Morgan fingerprint density at radius 2 is 2.22 bits per heavy atom. The van der Waals surface area contributed by atoms with Gasteiger partial charge in [0.25, 0.3) is 0 Å². The maximum Gasteiger partial charge on any atom is 0.170 e. The maximum absolute atomic E-state index is 6.11. The minimum atomic E-state index is 0.646. The third-order valence-corrected chi connectivity index (χ3v) is 3.12. The minimum Gasteiger partial charge on any atom is -0.310 e. The molecule has 0 aliphatic rings. The highest BCUT2D eigenvalue weighted by Crippen LogP contribution is 2.21. The summed E-state index contributed by atoms with van der Waals surface area (Å²) in [6.45, 7) is 5.67. The SMILES string of the molecule is CCCNCc1nnnn1-c1cccc(Cl)c1C. The molecule has 0 atom stereocenters. The van der Waals surface area contributed by atoms with Crippen LogP contribution in [0.2, 0.25) is 5.02 Å². The molecule has 0 bridgehead atoms. The van der Waals surface area contributed by atoms with E-state index >= 15 is 0 Å². The molecule has 18 heavy (non-hydrogen) atoms. The summed E-state index contributed by atoms with van der Waals surface area (Å²) in [6.07, 6.45) is 1.08. The number of benzene rings is 1. The molecular weight excluding hydrogens is 250 g/mol. The van der Waals surface area contributed by atoms with Crippen LogP contribution in [-0.2, 0) is 6.54 Å². The van der Waals surface area contributed by atoms with Gasteiger partial charge >= 0.3 is 0 Å². The van der Waals surface area contributed by atoms with E-state index in [1.54, 1.807) is 4.68 Å². The summed E-state index contributed by atoms with van der Waals surface area (Å²) >= 11 is 6.11. The highest BCUT2D eigenvalue weighted by Gasteiger charge is 2.11. The second-order valence-electron chi connectivity index (χ2n) is 4.07. The molecule has 0 aliphatic carbocycles. The van der Waals surface area contributed by atoms with E-state index in [9.17, 15) is 0 Å². The van der Waals surface area contributed by atoms with E-state index in [1.807, 2.05) is 25.1 Å². The molecule has 0 radical (unpaired) electrons. The lowest BCUT2D eigenvalue weighted by Crippen LogP contribution is -2.18. The molecule has 2 rings (SSSR count). The fourth-order valence-corrected chi connectivity index (χ4v) is 1.88. The van der Waals surface area contributed by atoms with E-state index in [-0.39, 0.29) is 0 Å². The number of hydrogen-bond acceptors (Lipinski definition) is 4. The van der Waals surface area contributed by atoms with Crippen LogP contribution in [0.25, 0.3) is 5.69 Å². The van der Waals surface area contributed by atoms with Gasteiger partial charge in [0.05, 0.1) is 12.2 Å². The topological polar surface area (TPSA) is 55.6 Å².